The lowest BCUT2D eigenvalue weighted by atomic mass is 10.1. The molecular weight excluding hydrogens is 250 g/mol. The number of benzene rings is 1. The van der Waals surface area contributed by atoms with E-state index in [1.807, 2.05) is 42.0 Å². The first-order valence-electron chi connectivity index (χ1n) is 5.70. The van der Waals surface area contributed by atoms with Crippen molar-refractivity contribution >= 4 is 17.6 Å². The number of ether oxygens (including phenoxy) is 1. The molecule has 0 saturated carbocycles. The second-order valence-corrected chi connectivity index (χ2v) is 4.30. The number of halogens is 1. The summed E-state index contributed by atoms with van der Waals surface area (Å²) in [5, 5.41) is 0.646. The third-order valence-electron chi connectivity index (χ3n) is 2.82. The molecule has 0 aliphatic rings. The zero-order valence-corrected chi connectivity index (χ0v) is 11.1. The Kier molecular flexibility index (Phi) is 3.72. The van der Waals surface area contributed by atoms with E-state index < -0.39 is 0 Å². The van der Waals surface area contributed by atoms with Gasteiger partial charge in [0.05, 0.1) is 7.11 Å². The summed E-state index contributed by atoms with van der Waals surface area (Å²) in [6.45, 7) is 2.69. The Balaban J connectivity index is 2.57. The van der Waals surface area contributed by atoms with Gasteiger partial charge in [0.15, 0.2) is 0 Å². The predicted molar refractivity (Wildman–Crippen MR) is 71.9 cm³/mol. The van der Waals surface area contributed by atoms with E-state index in [9.17, 15) is 4.79 Å². The Morgan fingerprint density at radius 2 is 2.17 bits per heavy atom. The molecule has 94 valence electrons. The summed E-state index contributed by atoms with van der Waals surface area (Å²) in [6, 6.07) is 9.33. The van der Waals surface area contributed by atoms with Crippen molar-refractivity contribution in [3.63, 3.8) is 0 Å². The number of hydrogen-bond donors (Lipinski definition) is 0. The minimum atomic E-state index is -0.336. The molecule has 0 unspecified atom stereocenters. The Bertz CT molecular complexity index is 575. The van der Waals surface area contributed by atoms with Crippen LogP contribution >= 0.6 is 11.6 Å². The van der Waals surface area contributed by atoms with Crippen molar-refractivity contribution in [1.29, 1.82) is 0 Å². The number of methoxy groups -OCH3 is 1. The van der Waals surface area contributed by atoms with Crippen molar-refractivity contribution in [2.45, 2.75) is 13.5 Å². The second-order valence-electron chi connectivity index (χ2n) is 3.87. The molecule has 1 aromatic carbocycles. The normalized spacial score (nSPS) is 10.4. The van der Waals surface area contributed by atoms with E-state index in [-0.39, 0.29) is 5.97 Å². The van der Waals surface area contributed by atoms with Crippen LogP contribution in [0.4, 0.5) is 0 Å². The fraction of sp³-hybridized carbons (Fsp3) is 0.214. The fourth-order valence-electron chi connectivity index (χ4n) is 1.95. The van der Waals surface area contributed by atoms with Crippen LogP contribution in [0, 0.1) is 0 Å². The molecule has 0 fully saturated rings. The average Bonchev–Trinajstić information content (AvgIpc) is 2.81. The average molecular weight is 264 g/mol. The van der Waals surface area contributed by atoms with Crippen molar-refractivity contribution in [1.82, 2.24) is 4.57 Å². The molecule has 0 atom stereocenters. The van der Waals surface area contributed by atoms with Crippen LogP contribution in [0.3, 0.4) is 0 Å². The molecule has 0 aliphatic carbocycles. The zero-order valence-electron chi connectivity index (χ0n) is 10.3. The minimum Gasteiger partial charge on any atom is -0.464 e. The van der Waals surface area contributed by atoms with E-state index in [1.165, 1.54) is 7.11 Å². The third-order valence-corrected chi connectivity index (χ3v) is 3.05. The number of carbonyl (C=O) groups excluding carboxylic acids is 1. The zero-order chi connectivity index (χ0) is 13.1. The number of aromatic nitrogens is 1. The molecule has 4 heteroatoms. The van der Waals surface area contributed by atoms with Gasteiger partial charge in [0.1, 0.15) is 5.69 Å². The van der Waals surface area contributed by atoms with Crippen molar-refractivity contribution < 1.29 is 9.53 Å². The van der Waals surface area contributed by atoms with E-state index in [0.717, 1.165) is 11.1 Å². The summed E-state index contributed by atoms with van der Waals surface area (Å²) in [4.78, 5) is 11.9. The molecular formula is C14H14ClNO2. The number of aryl methyl sites for hydroxylation is 1. The van der Waals surface area contributed by atoms with Crippen LogP contribution in [0.25, 0.3) is 11.1 Å². The summed E-state index contributed by atoms with van der Waals surface area (Å²) in [5.41, 5.74) is 2.31. The van der Waals surface area contributed by atoms with E-state index in [4.69, 9.17) is 16.3 Å². The monoisotopic (exact) mass is 263 g/mol. The van der Waals surface area contributed by atoms with Crippen LogP contribution in [0.5, 0.6) is 0 Å². The molecule has 1 heterocycles. The highest BCUT2D eigenvalue weighted by atomic mass is 35.5. The first-order chi connectivity index (χ1) is 8.67. The number of esters is 1. The molecule has 0 bridgehead atoms. The number of nitrogens with zero attached hydrogens (tertiary/aromatic N) is 1. The Morgan fingerprint density at radius 1 is 1.39 bits per heavy atom. The summed E-state index contributed by atoms with van der Waals surface area (Å²) < 4.78 is 6.70. The van der Waals surface area contributed by atoms with Gasteiger partial charge >= 0.3 is 5.97 Å². The first kappa shape index (κ1) is 12.7. The predicted octanol–water partition coefficient (Wildman–Crippen LogP) is 3.62. The van der Waals surface area contributed by atoms with Gasteiger partial charge in [-0.15, -0.1) is 0 Å². The second kappa shape index (κ2) is 5.27. The maximum Gasteiger partial charge on any atom is 0.355 e. The molecule has 0 radical (unpaired) electrons. The SMILES string of the molecule is CCn1ccc(-c2cccc(Cl)c2)c1C(=O)OC. The van der Waals surface area contributed by atoms with E-state index >= 15 is 0 Å². The third kappa shape index (κ3) is 2.27. The quantitative estimate of drug-likeness (QED) is 0.792. The summed E-state index contributed by atoms with van der Waals surface area (Å²) >= 11 is 5.98. The van der Waals surface area contributed by atoms with Crippen molar-refractivity contribution in [3.8, 4) is 11.1 Å². The van der Waals surface area contributed by atoms with Crippen LogP contribution in [0.2, 0.25) is 5.02 Å². The minimum absolute atomic E-state index is 0.336. The van der Waals surface area contributed by atoms with Gasteiger partial charge in [-0.2, -0.15) is 0 Å². The highest BCUT2D eigenvalue weighted by Gasteiger charge is 2.18. The van der Waals surface area contributed by atoms with E-state index in [1.54, 1.807) is 6.07 Å². The lowest BCUT2D eigenvalue weighted by Crippen LogP contribution is -2.10. The molecule has 0 N–H and O–H groups in total. The maximum atomic E-state index is 11.9. The Morgan fingerprint density at radius 3 is 2.78 bits per heavy atom. The lowest BCUT2D eigenvalue weighted by Gasteiger charge is -2.08. The van der Waals surface area contributed by atoms with Gasteiger partial charge in [-0.3, -0.25) is 0 Å². The summed E-state index contributed by atoms with van der Waals surface area (Å²) in [6.07, 6.45) is 1.88. The Hall–Kier alpha value is -1.74. The van der Waals surface area contributed by atoms with Crippen molar-refractivity contribution in [2.24, 2.45) is 0 Å². The van der Waals surface area contributed by atoms with Gasteiger partial charge in [0.2, 0.25) is 0 Å². The topological polar surface area (TPSA) is 31.2 Å². The van der Waals surface area contributed by atoms with Gasteiger partial charge in [-0.1, -0.05) is 23.7 Å². The number of hydrogen-bond acceptors (Lipinski definition) is 2. The standard InChI is InChI=1S/C14H14ClNO2/c1-3-16-8-7-12(13(16)14(17)18-2)10-5-4-6-11(15)9-10/h4-9H,3H2,1-2H3. The molecule has 2 aromatic rings. The van der Waals surface area contributed by atoms with Gasteiger partial charge in [0, 0.05) is 23.3 Å². The lowest BCUT2D eigenvalue weighted by molar-refractivity contribution is 0.0589. The molecule has 1 aromatic heterocycles. The molecule has 3 nitrogen and oxygen atoms in total. The van der Waals surface area contributed by atoms with Crippen LogP contribution in [0.15, 0.2) is 36.5 Å². The first-order valence-corrected chi connectivity index (χ1v) is 6.08. The molecule has 0 amide bonds. The van der Waals surface area contributed by atoms with Gasteiger partial charge in [-0.05, 0) is 30.7 Å². The van der Waals surface area contributed by atoms with Crippen LogP contribution in [-0.2, 0) is 11.3 Å². The number of carbonyl (C=O) groups is 1. The summed E-state index contributed by atoms with van der Waals surface area (Å²) in [7, 11) is 1.39. The highest BCUT2D eigenvalue weighted by Crippen LogP contribution is 2.27. The van der Waals surface area contributed by atoms with Crippen LogP contribution in [0.1, 0.15) is 17.4 Å². The van der Waals surface area contributed by atoms with Crippen molar-refractivity contribution in [2.75, 3.05) is 7.11 Å². The van der Waals surface area contributed by atoms with Crippen LogP contribution < -0.4 is 0 Å². The molecule has 2 rings (SSSR count). The smallest absolute Gasteiger partial charge is 0.355 e. The molecule has 18 heavy (non-hydrogen) atoms. The Labute approximate surface area is 111 Å². The summed E-state index contributed by atoms with van der Waals surface area (Å²) in [5.74, 6) is -0.336. The van der Waals surface area contributed by atoms with Gasteiger partial charge < -0.3 is 9.30 Å². The molecule has 0 saturated heterocycles. The fourth-order valence-corrected chi connectivity index (χ4v) is 2.14. The van der Waals surface area contributed by atoms with E-state index in [0.29, 0.717) is 17.3 Å². The van der Waals surface area contributed by atoms with Gasteiger partial charge in [-0.25, -0.2) is 4.79 Å². The molecule has 0 aliphatic heterocycles. The largest absolute Gasteiger partial charge is 0.464 e. The highest BCUT2D eigenvalue weighted by molar-refractivity contribution is 6.30. The number of rotatable bonds is 3. The van der Waals surface area contributed by atoms with Crippen LogP contribution in [-0.4, -0.2) is 17.6 Å². The van der Waals surface area contributed by atoms with E-state index in [2.05, 4.69) is 0 Å². The van der Waals surface area contributed by atoms with Crippen molar-refractivity contribution in [3.05, 3.63) is 47.2 Å². The van der Waals surface area contributed by atoms with Gasteiger partial charge in [0.25, 0.3) is 0 Å². The molecule has 0 spiro atoms. The maximum absolute atomic E-state index is 11.9.